The largest absolute Gasteiger partial charge is 0.459 e. The number of benzene rings is 1. The van der Waals surface area contributed by atoms with E-state index in [4.69, 9.17) is 4.74 Å². The number of carbonyl (C=O) groups excluding carboxylic acids is 2. The van der Waals surface area contributed by atoms with E-state index in [2.05, 4.69) is 14.8 Å². The monoisotopic (exact) mass is 408 g/mol. The minimum atomic E-state index is -0.347. The van der Waals surface area contributed by atoms with Crippen molar-refractivity contribution in [3.63, 3.8) is 0 Å². The van der Waals surface area contributed by atoms with Crippen LogP contribution < -0.4 is 9.80 Å². The van der Waals surface area contributed by atoms with Gasteiger partial charge in [0, 0.05) is 44.6 Å². The molecule has 0 aliphatic carbocycles. The molecule has 0 saturated carbocycles. The number of carbonyl (C=O) groups is 2. The van der Waals surface area contributed by atoms with Gasteiger partial charge in [0.25, 0.3) is 0 Å². The van der Waals surface area contributed by atoms with Gasteiger partial charge in [-0.3, -0.25) is 9.69 Å². The first-order valence-corrected chi connectivity index (χ1v) is 10.6. The molecule has 0 bridgehead atoms. The number of anilines is 2. The Kier molecular flexibility index (Phi) is 5.99. The van der Waals surface area contributed by atoms with Crippen LogP contribution in [0.15, 0.2) is 48.7 Å². The standard InChI is InChI=1S/C23H28N4O3/c1-17(2)30-23(29)19-9-6-11-24-21(19)26-15-13-25(14-16-26)20-10-12-27(22(20)28)18-7-4-3-5-8-18/h3-9,11,17,20H,10,12-16H2,1-2H3. The second-order valence-corrected chi connectivity index (χ2v) is 7.98. The number of hydrogen-bond donors (Lipinski definition) is 0. The van der Waals surface area contributed by atoms with Crippen molar-refractivity contribution in [3.8, 4) is 0 Å². The van der Waals surface area contributed by atoms with Crippen molar-refractivity contribution in [1.29, 1.82) is 0 Å². The Bertz CT molecular complexity index is 894. The van der Waals surface area contributed by atoms with Crippen LogP contribution in [0.2, 0.25) is 0 Å². The van der Waals surface area contributed by atoms with Gasteiger partial charge in [-0.1, -0.05) is 18.2 Å². The van der Waals surface area contributed by atoms with Crippen LogP contribution in [-0.4, -0.2) is 66.6 Å². The molecule has 7 nitrogen and oxygen atoms in total. The zero-order valence-corrected chi connectivity index (χ0v) is 17.5. The number of rotatable bonds is 5. The number of pyridine rings is 1. The molecule has 1 unspecified atom stereocenters. The number of amides is 1. The maximum atomic E-state index is 13.0. The lowest BCUT2D eigenvalue weighted by Crippen LogP contribution is -2.53. The van der Waals surface area contributed by atoms with E-state index in [0.29, 0.717) is 24.5 Å². The predicted octanol–water partition coefficient (Wildman–Crippen LogP) is 2.57. The maximum absolute atomic E-state index is 13.0. The van der Waals surface area contributed by atoms with E-state index in [0.717, 1.165) is 31.7 Å². The van der Waals surface area contributed by atoms with E-state index < -0.39 is 0 Å². The fourth-order valence-electron chi connectivity index (χ4n) is 4.20. The van der Waals surface area contributed by atoms with Crippen LogP contribution in [0.5, 0.6) is 0 Å². The van der Waals surface area contributed by atoms with Crippen LogP contribution in [0.4, 0.5) is 11.5 Å². The second-order valence-electron chi connectivity index (χ2n) is 7.98. The fraction of sp³-hybridized carbons (Fsp3) is 0.435. The zero-order valence-electron chi connectivity index (χ0n) is 17.5. The van der Waals surface area contributed by atoms with Gasteiger partial charge in [0.15, 0.2) is 0 Å². The Morgan fingerprint density at radius 2 is 1.77 bits per heavy atom. The number of aromatic nitrogens is 1. The van der Waals surface area contributed by atoms with Gasteiger partial charge >= 0.3 is 5.97 Å². The molecule has 3 heterocycles. The summed E-state index contributed by atoms with van der Waals surface area (Å²) in [4.78, 5) is 36.2. The number of esters is 1. The molecule has 30 heavy (non-hydrogen) atoms. The van der Waals surface area contributed by atoms with E-state index in [1.54, 1.807) is 18.3 Å². The van der Waals surface area contributed by atoms with Gasteiger partial charge < -0.3 is 14.5 Å². The third-order valence-corrected chi connectivity index (χ3v) is 5.65. The van der Waals surface area contributed by atoms with Crippen LogP contribution >= 0.6 is 0 Å². The molecule has 158 valence electrons. The SMILES string of the molecule is CC(C)OC(=O)c1cccnc1N1CCN(C2CCN(c3ccccc3)C2=O)CC1. The first-order chi connectivity index (χ1) is 14.5. The average Bonchev–Trinajstić information content (AvgIpc) is 3.15. The lowest BCUT2D eigenvalue weighted by molar-refractivity contribution is -0.121. The Hall–Kier alpha value is -2.93. The van der Waals surface area contributed by atoms with Gasteiger partial charge in [0.2, 0.25) is 5.91 Å². The molecule has 1 aromatic heterocycles. The molecular formula is C23H28N4O3. The van der Waals surface area contributed by atoms with Crippen molar-refractivity contribution in [3.05, 3.63) is 54.2 Å². The summed E-state index contributed by atoms with van der Waals surface area (Å²) in [7, 11) is 0. The van der Waals surface area contributed by atoms with E-state index in [-0.39, 0.29) is 24.0 Å². The van der Waals surface area contributed by atoms with Crippen LogP contribution in [0.1, 0.15) is 30.6 Å². The number of hydrogen-bond acceptors (Lipinski definition) is 6. The Morgan fingerprint density at radius 1 is 1.03 bits per heavy atom. The molecule has 2 saturated heterocycles. The molecule has 7 heteroatoms. The Balaban J connectivity index is 1.41. The predicted molar refractivity (Wildman–Crippen MR) is 116 cm³/mol. The maximum Gasteiger partial charge on any atom is 0.342 e. The molecule has 4 rings (SSSR count). The lowest BCUT2D eigenvalue weighted by atomic mass is 10.1. The van der Waals surface area contributed by atoms with Crippen LogP contribution in [0.3, 0.4) is 0 Å². The van der Waals surface area contributed by atoms with Crippen molar-refractivity contribution in [1.82, 2.24) is 9.88 Å². The summed E-state index contributed by atoms with van der Waals surface area (Å²) in [6.45, 7) is 7.37. The highest BCUT2D eigenvalue weighted by atomic mass is 16.5. The lowest BCUT2D eigenvalue weighted by Gasteiger charge is -2.38. The molecule has 2 fully saturated rings. The molecular weight excluding hydrogens is 380 g/mol. The first kappa shape index (κ1) is 20.3. The highest BCUT2D eigenvalue weighted by Crippen LogP contribution is 2.26. The molecule has 1 amide bonds. The average molecular weight is 409 g/mol. The van der Waals surface area contributed by atoms with Crippen LogP contribution in [-0.2, 0) is 9.53 Å². The molecule has 1 atom stereocenters. The minimum absolute atomic E-state index is 0.0820. The van der Waals surface area contributed by atoms with E-state index in [1.165, 1.54) is 0 Å². The minimum Gasteiger partial charge on any atom is -0.459 e. The molecule has 2 aromatic rings. The highest BCUT2D eigenvalue weighted by molar-refractivity contribution is 5.99. The number of nitrogens with zero attached hydrogens (tertiary/aromatic N) is 4. The summed E-state index contributed by atoms with van der Waals surface area (Å²) in [5, 5.41) is 0. The molecule has 0 N–H and O–H groups in total. The third kappa shape index (κ3) is 4.16. The smallest absolute Gasteiger partial charge is 0.342 e. The number of para-hydroxylation sites is 1. The van der Waals surface area contributed by atoms with Gasteiger partial charge in [-0.2, -0.15) is 0 Å². The molecule has 0 radical (unpaired) electrons. The highest BCUT2D eigenvalue weighted by Gasteiger charge is 2.38. The van der Waals surface area contributed by atoms with E-state index in [1.807, 2.05) is 49.1 Å². The fourth-order valence-corrected chi connectivity index (χ4v) is 4.20. The van der Waals surface area contributed by atoms with Crippen LogP contribution in [0.25, 0.3) is 0 Å². The van der Waals surface area contributed by atoms with E-state index >= 15 is 0 Å². The van der Waals surface area contributed by atoms with Crippen molar-refractivity contribution >= 4 is 23.4 Å². The van der Waals surface area contributed by atoms with Gasteiger partial charge in [0.05, 0.1) is 12.1 Å². The molecule has 2 aliphatic heterocycles. The van der Waals surface area contributed by atoms with Crippen molar-refractivity contribution < 1.29 is 14.3 Å². The van der Waals surface area contributed by atoms with Crippen molar-refractivity contribution in [2.75, 3.05) is 42.5 Å². The van der Waals surface area contributed by atoms with Crippen molar-refractivity contribution in [2.24, 2.45) is 0 Å². The summed E-state index contributed by atoms with van der Waals surface area (Å²) < 4.78 is 5.37. The normalized spacial score (nSPS) is 20.1. The zero-order chi connectivity index (χ0) is 21.1. The summed E-state index contributed by atoms with van der Waals surface area (Å²) in [6.07, 6.45) is 2.36. The van der Waals surface area contributed by atoms with Gasteiger partial charge in [0.1, 0.15) is 11.4 Å². The molecule has 2 aliphatic rings. The van der Waals surface area contributed by atoms with E-state index in [9.17, 15) is 9.59 Å². The molecule has 1 aromatic carbocycles. The van der Waals surface area contributed by atoms with Gasteiger partial charge in [-0.25, -0.2) is 9.78 Å². The topological polar surface area (TPSA) is 66.0 Å². The third-order valence-electron chi connectivity index (χ3n) is 5.65. The van der Waals surface area contributed by atoms with Crippen molar-refractivity contribution in [2.45, 2.75) is 32.4 Å². The first-order valence-electron chi connectivity index (χ1n) is 10.6. The summed E-state index contributed by atoms with van der Waals surface area (Å²) in [6, 6.07) is 13.3. The number of piperazine rings is 1. The quantitative estimate of drug-likeness (QED) is 0.709. The van der Waals surface area contributed by atoms with Crippen LogP contribution in [0, 0.1) is 0 Å². The van der Waals surface area contributed by atoms with Gasteiger partial charge in [-0.05, 0) is 44.5 Å². The second kappa shape index (κ2) is 8.83. The number of ether oxygens (including phenoxy) is 1. The summed E-state index contributed by atoms with van der Waals surface area (Å²) in [5.74, 6) is 0.486. The Labute approximate surface area is 177 Å². The summed E-state index contributed by atoms with van der Waals surface area (Å²) >= 11 is 0. The molecule has 0 spiro atoms. The Morgan fingerprint density at radius 3 is 2.47 bits per heavy atom. The summed E-state index contributed by atoms with van der Waals surface area (Å²) in [5.41, 5.74) is 1.46. The van der Waals surface area contributed by atoms with Gasteiger partial charge in [-0.15, -0.1) is 0 Å².